The summed E-state index contributed by atoms with van der Waals surface area (Å²) in [6, 6.07) is 3.51. The molecule has 0 spiro atoms. The fourth-order valence-corrected chi connectivity index (χ4v) is 6.74. The van der Waals surface area contributed by atoms with Gasteiger partial charge in [0.2, 0.25) is 0 Å². The van der Waals surface area contributed by atoms with E-state index in [0.29, 0.717) is 23.0 Å². The molecule has 0 saturated carbocycles. The molecule has 1 aromatic heterocycles. The summed E-state index contributed by atoms with van der Waals surface area (Å²) in [6.45, 7) is -0.356. The summed E-state index contributed by atoms with van der Waals surface area (Å²) in [4.78, 5) is 18.9. The zero-order valence-electron chi connectivity index (χ0n) is 8.92. The van der Waals surface area contributed by atoms with Gasteiger partial charge in [-0.25, -0.2) is 4.57 Å². The van der Waals surface area contributed by atoms with Crippen LogP contribution in [0.25, 0.3) is 0 Å². The van der Waals surface area contributed by atoms with Crippen LogP contribution in [0.3, 0.4) is 0 Å². The molecule has 1 aromatic rings. The Balaban J connectivity index is 2.97. The van der Waals surface area contributed by atoms with Crippen LogP contribution in [0, 0.1) is 0 Å². The summed E-state index contributed by atoms with van der Waals surface area (Å²) in [5.74, 6) is 2.08. The van der Waals surface area contributed by atoms with Gasteiger partial charge in [0.25, 0.3) is 0 Å². The van der Waals surface area contributed by atoms with Crippen molar-refractivity contribution in [2.75, 3.05) is 11.5 Å². The molecule has 0 atom stereocenters. The fourth-order valence-electron chi connectivity index (χ4n) is 1.49. The quantitative estimate of drug-likeness (QED) is 0.790. The Morgan fingerprint density at radius 2 is 2.00 bits per heavy atom. The van der Waals surface area contributed by atoms with Gasteiger partial charge in [-0.15, -0.1) is 9.65 Å². The van der Waals surface area contributed by atoms with Gasteiger partial charge in [-0.1, -0.05) is 13.8 Å². The van der Waals surface area contributed by atoms with Gasteiger partial charge in [0.1, 0.15) is 5.76 Å². The minimum Gasteiger partial charge on any atom is -0.469 e. The Kier molecular flexibility index (Phi) is 4.06. The fraction of sp³-hybridized carbons (Fsp3) is 0.556. The number of furan rings is 1. The van der Waals surface area contributed by atoms with Crippen molar-refractivity contribution >= 4 is 16.4 Å². The summed E-state index contributed by atoms with van der Waals surface area (Å²) in [5, 5.41) is 0. The molecule has 0 aliphatic carbocycles. The Hall–Kier alpha value is -0.220. The van der Waals surface area contributed by atoms with E-state index in [-0.39, 0.29) is 0 Å². The van der Waals surface area contributed by atoms with Gasteiger partial charge in [-0.3, -0.25) is 0 Å². The third-order valence-corrected chi connectivity index (χ3v) is 11.5. The Labute approximate surface area is 90.9 Å². The third kappa shape index (κ3) is 2.67. The zero-order chi connectivity index (χ0) is 11.5. The molecule has 0 radical (unpaired) electrons. The summed E-state index contributed by atoms with van der Waals surface area (Å²) < 4.78 is 16.7. The topological polar surface area (TPSA) is 70.7 Å². The van der Waals surface area contributed by atoms with E-state index in [1.165, 1.54) is 6.26 Å². The molecule has 2 N–H and O–H groups in total. The Morgan fingerprint density at radius 3 is 2.33 bits per heavy atom. The van der Waals surface area contributed by atoms with E-state index in [0.717, 1.165) is 0 Å². The van der Waals surface area contributed by atoms with Crippen LogP contribution in [0.15, 0.2) is 22.8 Å². The second-order valence-corrected chi connectivity index (χ2v) is 11.5. The smallest absolute Gasteiger partial charge is 0.367 e. The molecule has 0 fully saturated rings. The zero-order valence-corrected chi connectivity index (χ0v) is 10.6. The molecule has 88 valence electrons. The molecule has 4 nitrogen and oxygen atoms in total. The van der Waals surface area contributed by atoms with Crippen LogP contribution >= 0.6 is 16.4 Å². The van der Waals surface area contributed by atoms with Gasteiger partial charge in [0.05, 0.1) is 6.26 Å². The minimum absolute atomic E-state index is 0.372. The predicted octanol–water partition coefficient (Wildman–Crippen LogP) is 2.72. The molecule has 1 heterocycles. The van der Waals surface area contributed by atoms with Crippen molar-refractivity contribution in [2.24, 2.45) is 0 Å². The van der Waals surface area contributed by atoms with Gasteiger partial charge in [-0.05, 0) is 23.6 Å². The maximum Gasteiger partial charge on any atom is 0.367 e. The molecule has 0 unspecified atom stereocenters. The van der Waals surface area contributed by atoms with E-state index >= 15 is 0 Å². The van der Waals surface area contributed by atoms with Crippen LogP contribution in [0.4, 0.5) is 0 Å². The highest BCUT2D eigenvalue weighted by Gasteiger charge is 2.38. The average Bonchev–Trinajstić information content (AvgIpc) is 2.64. The van der Waals surface area contributed by atoms with Crippen LogP contribution in [-0.4, -0.2) is 21.3 Å². The van der Waals surface area contributed by atoms with Gasteiger partial charge in [0.15, 0.2) is 0 Å². The van der Waals surface area contributed by atoms with Crippen molar-refractivity contribution in [3.05, 3.63) is 24.2 Å². The third-order valence-electron chi connectivity index (χ3n) is 2.57. The van der Waals surface area contributed by atoms with Gasteiger partial charge in [0, 0.05) is 5.75 Å². The molecule has 0 aliphatic heterocycles. The molecular weight excluding hydrogens is 235 g/mol. The van der Waals surface area contributed by atoms with E-state index in [2.05, 4.69) is 0 Å². The van der Waals surface area contributed by atoms with E-state index in [1.807, 2.05) is 13.8 Å². The molecular formula is C9H17O4PS. The largest absolute Gasteiger partial charge is 0.469 e. The second-order valence-electron chi connectivity index (χ2n) is 3.29. The van der Waals surface area contributed by atoms with Crippen molar-refractivity contribution in [1.29, 1.82) is 0 Å². The van der Waals surface area contributed by atoms with Gasteiger partial charge >= 0.3 is 6.80 Å². The number of hydrogen-bond donors (Lipinski definition) is 2. The summed E-state index contributed by atoms with van der Waals surface area (Å²) in [7, 11) is -1.94. The van der Waals surface area contributed by atoms with Gasteiger partial charge in [-0.2, -0.15) is 0 Å². The first-order valence-corrected chi connectivity index (χ1v) is 9.15. The average molecular weight is 252 g/mol. The summed E-state index contributed by atoms with van der Waals surface area (Å²) in [6.07, 6.45) is 1.53. The lowest BCUT2D eigenvalue weighted by Crippen LogP contribution is -2.09. The number of rotatable bonds is 5. The monoisotopic (exact) mass is 252 g/mol. The standard InChI is InChI=1S/C9H17O4PS/c1-3-15(4-2,14(10,11)12)8-9-6-5-7-13-9/h5-7H,3-4,8H2,1-2H3,(H2,10,11,12). The van der Waals surface area contributed by atoms with Crippen LogP contribution < -0.4 is 0 Å². The van der Waals surface area contributed by atoms with Crippen molar-refractivity contribution in [3.63, 3.8) is 0 Å². The first-order chi connectivity index (χ1) is 6.95. The van der Waals surface area contributed by atoms with Crippen LogP contribution in [0.1, 0.15) is 19.6 Å². The van der Waals surface area contributed by atoms with E-state index in [9.17, 15) is 14.4 Å². The highest BCUT2D eigenvalue weighted by molar-refractivity contribution is 8.76. The Bertz CT molecular complexity index is 339. The van der Waals surface area contributed by atoms with Crippen LogP contribution in [0.2, 0.25) is 0 Å². The minimum atomic E-state index is -4.02. The molecule has 1 rings (SSSR count). The van der Waals surface area contributed by atoms with Crippen molar-refractivity contribution < 1.29 is 18.8 Å². The predicted molar refractivity (Wildman–Crippen MR) is 63.1 cm³/mol. The van der Waals surface area contributed by atoms with E-state index < -0.39 is 16.4 Å². The lowest BCUT2D eigenvalue weighted by atomic mass is 10.5. The SMILES string of the molecule is CCS(CC)(Cc1ccco1)P(=O)(O)O. The van der Waals surface area contributed by atoms with Gasteiger partial charge < -0.3 is 14.2 Å². The highest BCUT2D eigenvalue weighted by atomic mass is 32.8. The maximum absolute atomic E-state index is 11.5. The summed E-state index contributed by atoms with van der Waals surface area (Å²) >= 11 is 0. The lowest BCUT2D eigenvalue weighted by molar-refractivity contribution is 0.395. The first-order valence-electron chi connectivity index (χ1n) is 4.79. The molecule has 6 heteroatoms. The van der Waals surface area contributed by atoms with Crippen molar-refractivity contribution in [3.8, 4) is 0 Å². The first kappa shape index (κ1) is 12.8. The molecule has 0 saturated heterocycles. The molecule has 0 amide bonds. The van der Waals surface area contributed by atoms with Crippen LogP contribution in [0.5, 0.6) is 0 Å². The maximum atomic E-state index is 11.5. The lowest BCUT2D eigenvalue weighted by Gasteiger charge is -2.37. The molecule has 0 aromatic carbocycles. The van der Waals surface area contributed by atoms with Crippen molar-refractivity contribution in [2.45, 2.75) is 19.6 Å². The normalized spacial score (nSPS) is 14.1. The van der Waals surface area contributed by atoms with Crippen molar-refractivity contribution in [1.82, 2.24) is 0 Å². The highest BCUT2D eigenvalue weighted by Crippen LogP contribution is 2.78. The molecule has 0 bridgehead atoms. The Morgan fingerprint density at radius 1 is 1.40 bits per heavy atom. The summed E-state index contributed by atoms with van der Waals surface area (Å²) in [5.41, 5.74) is 0. The molecule has 0 aliphatic rings. The number of hydrogen-bond acceptors (Lipinski definition) is 2. The molecule has 15 heavy (non-hydrogen) atoms. The van der Waals surface area contributed by atoms with E-state index in [1.54, 1.807) is 12.1 Å². The van der Waals surface area contributed by atoms with Crippen LogP contribution in [-0.2, 0) is 10.3 Å². The second kappa shape index (κ2) is 4.74. The van der Waals surface area contributed by atoms with E-state index in [4.69, 9.17) is 4.42 Å².